The second kappa shape index (κ2) is 7.05. The lowest BCUT2D eigenvalue weighted by Crippen LogP contribution is -2.36. The molecule has 2 N–H and O–H groups in total. The molecule has 2 heterocycles. The summed E-state index contributed by atoms with van der Waals surface area (Å²) in [5.74, 6) is 1.60. The fraction of sp³-hybridized carbons (Fsp3) is 0.263. The average molecular weight is 352 g/mol. The predicted molar refractivity (Wildman–Crippen MR) is 99.2 cm³/mol. The zero-order valence-electron chi connectivity index (χ0n) is 14.5. The zero-order chi connectivity index (χ0) is 17.9. The third-order valence-corrected chi connectivity index (χ3v) is 4.40. The number of aromatic nitrogens is 2. The van der Waals surface area contributed by atoms with Crippen molar-refractivity contribution in [2.45, 2.75) is 0 Å². The minimum absolute atomic E-state index is 0.422. The maximum Gasteiger partial charge on any atom is 0.258 e. The molecule has 7 heteroatoms. The molecule has 1 saturated heterocycles. The Morgan fingerprint density at radius 2 is 1.92 bits per heavy atom. The van der Waals surface area contributed by atoms with E-state index in [0.29, 0.717) is 36.4 Å². The number of benzene rings is 2. The van der Waals surface area contributed by atoms with E-state index < -0.39 is 0 Å². The van der Waals surface area contributed by atoms with Gasteiger partial charge in [0.2, 0.25) is 5.82 Å². The minimum atomic E-state index is 0.422. The highest BCUT2D eigenvalue weighted by molar-refractivity contribution is 5.75. The van der Waals surface area contributed by atoms with Crippen LogP contribution >= 0.6 is 0 Å². The van der Waals surface area contributed by atoms with Crippen molar-refractivity contribution in [1.29, 1.82) is 0 Å². The number of hydrogen-bond acceptors (Lipinski definition) is 7. The van der Waals surface area contributed by atoms with Gasteiger partial charge in [0.1, 0.15) is 5.75 Å². The number of nitrogens with zero attached hydrogens (tertiary/aromatic N) is 3. The van der Waals surface area contributed by atoms with Gasteiger partial charge in [-0.05, 0) is 30.3 Å². The fourth-order valence-electron chi connectivity index (χ4n) is 3.06. The largest absolute Gasteiger partial charge is 0.496 e. The molecule has 3 aromatic rings. The number of rotatable bonds is 4. The molecule has 0 bridgehead atoms. The first-order valence-electron chi connectivity index (χ1n) is 8.46. The van der Waals surface area contributed by atoms with E-state index in [2.05, 4.69) is 15.0 Å². The van der Waals surface area contributed by atoms with Gasteiger partial charge in [-0.25, -0.2) is 0 Å². The van der Waals surface area contributed by atoms with Crippen LogP contribution in [0.3, 0.4) is 0 Å². The van der Waals surface area contributed by atoms with Crippen LogP contribution in [0.15, 0.2) is 47.0 Å². The second-order valence-corrected chi connectivity index (χ2v) is 6.00. The molecular weight excluding hydrogens is 332 g/mol. The van der Waals surface area contributed by atoms with E-state index in [1.165, 1.54) is 0 Å². The molecule has 0 spiro atoms. The summed E-state index contributed by atoms with van der Waals surface area (Å²) < 4.78 is 16.2. The topological polar surface area (TPSA) is 86.6 Å². The molecule has 1 aliphatic heterocycles. The standard InChI is InChI=1S/C19H20N4O3/c1-24-17-5-3-2-4-14(17)18-21-19(26-22-18)13-6-7-16(15(20)12-13)23-8-10-25-11-9-23/h2-7,12H,8-11,20H2,1H3. The van der Waals surface area contributed by atoms with E-state index in [-0.39, 0.29) is 0 Å². The smallest absolute Gasteiger partial charge is 0.258 e. The number of morpholine rings is 1. The van der Waals surface area contributed by atoms with Crippen LogP contribution in [0.2, 0.25) is 0 Å². The van der Waals surface area contributed by atoms with Gasteiger partial charge in [0, 0.05) is 18.7 Å². The van der Waals surface area contributed by atoms with Crippen molar-refractivity contribution in [3.63, 3.8) is 0 Å². The normalized spacial score (nSPS) is 14.4. The first kappa shape index (κ1) is 16.4. The van der Waals surface area contributed by atoms with Crippen LogP contribution in [-0.2, 0) is 4.74 Å². The van der Waals surface area contributed by atoms with Crippen LogP contribution in [0, 0.1) is 0 Å². The first-order chi connectivity index (χ1) is 12.8. The van der Waals surface area contributed by atoms with E-state index in [1.807, 2.05) is 42.5 Å². The Hall–Kier alpha value is -3.06. The quantitative estimate of drug-likeness (QED) is 0.723. The minimum Gasteiger partial charge on any atom is -0.496 e. The SMILES string of the molecule is COc1ccccc1-c1noc(-c2ccc(N3CCOCC3)c(N)c2)n1. The van der Waals surface area contributed by atoms with Gasteiger partial charge >= 0.3 is 0 Å². The maximum absolute atomic E-state index is 6.26. The molecule has 1 fully saturated rings. The molecule has 0 amide bonds. The number of hydrogen-bond donors (Lipinski definition) is 1. The Kier molecular flexibility index (Phi) is 4.45. The molecule has 1 aliphatic rings. The van der Waals surface area contributed by atoms with Crippen molar-refractivity contribution in [2.75, 3.05) is 44.0 Å². The van der Waals surface area contributed by atoms with Gasteiger partial charge in [-0.3, -0.25) is 0 Å². The highest BCUT2D eigenvalue weighted by Crippen LogP contribution is 2.32. The van der Waals surface area contributed by atoms with E-state index in [9.17, 15) is 0 Å². The lowest BCUT2D eigenvalue weighted by Gasteiger charge is -2.29. The molecule has 134 valence electrons. The van der Waals surface area contributed by atoms with Crippen molar-refractivity contribution in [2.24, 2.45) is 0 Å². The van der Waals surface area contributed by atoms with Crippen molar-refractivity contribution < 1.29 is 14.0 Å². The highest BCUT2D eigenvalue weighted by Gasteiger charge is 2.17. The zero-order valence-corrected chi connectivity index (χ0v) is 14.5. The van der Waals surface area contributed by atoms with Crippen molar-refractivity contribution in [1.82, 2.24) is 10.1 Å². The summed E-state index contributed by atoms with van der Waals surface area (Å²) in [4.78, 5) is 6.71. The number of nitrogens with two attached hydrogens (primary N) is 1. The second-order valence-electron chi connectivity index (χ2n) is 6.00. The third-order valence-electron chi connectivity index (χ3n) is 4.40. The van der Waals surface area contributed by atoms with Gasteiger partial charge in [0.05, 0.1) is 37.3 Å². The molecule has 0 unspecified atom stereocenters. The molecule has 7 nitrogen and oxygen atoms in total. The summed E-state index contributed by atoms with van der Waals surface area (Å²) in [5, 5.41) is 4.08. The maximum atomic E-state index is 6.26. The van der Waals surface area contributed by atoms with Gasteiger partial charge in [-0.1, -0.05) is 17.3 Å². The molecule has 26 heavy (non-hydrogen) atoms. The van der Waals surface area contributed by atoms with Crippen LogP contribution in [0.4, 0.5) is 11.4 Å². The molecule has 4 rings (SSSR count). The number of anilines is 2. The number of methoxy groups -OCH3 is 1. The molecule has 2 aromatic carbocycles. The van der Waals surface area contributed by atoms with Crippen LogP contribution in [0.5, 0.6) is 5.75 Å². The molecule has 0 saturated carbocycles. The van der Waals surface area contributed by atoms with Crippen molar-refractivity contribution >= 4 is 11.4 Å². The number of para-hydroxylation sites is 1. The van der Waals surface area contributed by atoms with Crippen LogP contribution < -0.4 is 15.4 Å². The van der Waals surface area contributed by atoms with Gasteiger partial charge in [-0.2, -0.15) is 4.98 Å². The summed E-state index contributed by atoms with van der Waals surface area (Å²) >= 11 is 0. The summed E-state index contributed by atoms with van der Waals surface area (Å²) in [5.41, 5.74) is 9.51. The summed E-state index contributed by atoms with van der Waals surface area (Å²) in [6.07, 6.45) is 0. The third kappa shape index (κ3) is 3.09. The monoisotopic (exact) mass is 352 g/mol. The van der Waals surface area contributed by atoms with Gasteiger partial charge in [0.15, 0.2) is 0 Å². The Balaban J connectivity index is 1.62. The molecule has 0 aliphatic carbocycles. The van der Waals surface area contributed by atoms with Gasteiger partial charge in [0.25, 0.3) is 5.89 Å². The van der Waals surface area contributed by atoms with Crippen LogP contribution in [-0.4, -0.2) is 43.6 Å². The Bertz CT molecular complexity index is 903. The van der Waals surface area contributed by atoms with E-state index in [4.69, 9.17) is 19.7 Å². The van der Waals surface area contributed by atoms with Crippen LogP contribution in [0.1, 0.15) is 0 Å². The van der Waals surface area contributed by atoms with Crippen LogP contribution in [0.25, 0.3) is 22.8 Å². The van der Waals surface area contributed by atoms with Crippen molar-refractivity contribution in [3.8, 4) is 28.6 Å². The predicted octanol–water partition coefficient (Wildman–Crippen LogP) is 2.83. The van der Waals surface area contributed by atoms with E-state index >= 15 is 0 Å². The molecular formula is C19H20N4O3. The van der Waals surface area contributed by atoms with E-state index in [1.54, 1.807) is 7.11 Å². The lowest BCUT2D eigenvalue weighted by atomic mass is 10.1. The first-order valence-corrected chi connectivity index (χ1v) is 8.46. The fourth-order valence-corrected chi connectivity index (χ4v) is 3.06. The summed E-state index contributed by atoms with van der Waals surface area (Å²) in [6.45, 7) is 3.10. The summed E-state index contributed by atoms with van der Waals surface area (Å²) in [6, 6.07) is 13.4. The Morgan fingerprint density at radius 1 is 1.12 bits per heavy atom. The molecule has 1 aromatic heterocycles. The summed E-state index contributed by atoms with van der Waals surface area (Å²) in [7, 11) is 1.62. The Morgan fingerprint density at radius 3 is 2.69 bits per heavy atom. The van der Waals surface area contributed by atoms with Gasteiger partial charge in [-0.15, -0.1) is 0 Å². The average Bonchev–Trinajstić information content (AvgIpc) is 3.18. The number of nitrogen functional groups attached to an aromatic ring is 1. The number of ether oxygens (including phenoxy) is 2. The van der Waals surface area contributed by atoms with Gasteiger partial charge < -0.3 is 24.6 Å². The lowest BCUT2D eigenvalue weighted by molar-refractivity contribution is 0.123. The van der Waals surface area contributed by atoms with Crippen molar-refractivity contribution in [3.05, 3.63) is 42.5 Å². The van der Waals surface area contributed by atoms with E-state index in [0.717, 1.165) is 29.9 Å². The molecule has 0 atom stereocenters. The Labute approximate surface area is 151 Å². The highest BCUT2D eigenvalue weighted by atomic mass is 16.5. The molecule has 0 radical (unpaired) electrons.